The number of hydrogen-bond acceptors (Lipinski definition) is 8. The molecule has 3 saturated heterocycles. The van der Waals surface area contributed by atoms with Gasteiger partial charge in [-0.25, -0.2) is 0 Å². The molecule has 11 heteroatoms. The number of anilines is 5. The average Bonchev–Trinajstić information content (AvgIpc) is 3.15. The minimum Gasteiger partial charge on any atom is -0.381 e. The maximum absolute atomic E-state index is 6.41. The zero-order chi connectivity index (χ0) is 32.8. The van der Waals surface area contributed by atoms with Crippen LogP contribution in [0.25, 0.3) is 0 Å². The van der Waals surface area contributed by atoms with E-state index in [4.69, 9.17) is 38.5 Å². The molecule has 7 rings (SSSR count). The van der Waals surface area contributed by atoms with Gasteiger partial charge in [0.2, 0.25) is 5.95 Å². The van der Waals surface area contributed by atoms with E-state index in [-0.39, 0.29) is 5.41 Å². The molecule has 3 fully saturated rings. The number of piperazine rings is 2. The van der Waals surface area contributed by atoms with Crippen molar-refractivity contribution in [2.45, 2.75) is 18.3 Å². The van der Waals surface area contributed by atoms with Crippen LogP contribution >= 0.6 is 23.8 Å². The molecule has 0 aliphatic carbocycles. The number of aromatic nitrogens is 2. The van der Waals surface area contributed by atoms with Crippen LogP contribution in [0, 0.1) is 0 Å². The Kier molecular flexibility index (Phi) is 10.1. The topological polar surface area (TPSA) is 72.0 Å². The van der Waals surface area contributed by atoms with Gasteiger partial charge in [-0.15, -0.1) is 0 Å². The van der Waals surface area contributed by atoms with E-state index in [1.165, 1.54) is 16.9 Å². The molecule has 0 amide bonds. The minimum atomic E-state index is -0.125. The predicted octanol–water partition coefficient (Wildman–Crippen LogP) is 5.82. The predicted molar refractivity (Wildman–Crippen MR) is 201 cm³/mol. The molecule has 0 radical (unpaired) electrons. The number of nitrogens with zero attached hydrogens (tertiary/aromatic N) is 6. The van der Waals surface area contributed by atoms with E-state index in [0.717, 1.165) is 81.9 Å². The van der Waals surface area contributed by atoms with Crippen molar-refractivity contribution >= 4 is 57.9 Å². The van der Waals surface area contributed by atoms with Gasteiger partial charge in [0.25, 0.3) is 0 Å². The normalized spacial score (nSPS) is 18.0. The monoisotopic (exact) mass is 682 g/mol. The molecule has 1 aromatic heterocycles. The molecular formula is C37H43ClN8OS. The Labute approximate surface area is 293 Å². The lowest BCUT2D eigenvalue weighted by Crippen LogP contribution is -2.48. The SMILES string of the molecule is S=C(NCC1(c2cccc(Cl)c2)CCOCC1)Nc1nc(N2CCN(c3ccccc3)CC2)cc(N2CCN(c3ccccc3)CC2)n1. The fraction of sp³-hybridized carbons (Fsp3) is 0.378. The van der Waals surface area contributed by atoms with Crippen molar-refractivity contribution in [3.05, 3.63) is 102 Å². The molecule has 2 N–H and O–H groups in total. The zero-order valence-electron chi connectivity index (χ0n) is 27.2. The van der Waals surface area contributed by atoms with Crippen molar-refractivity contribution < 1.29 is 4.74 Å². The molecule has 4 aromatic rings. The highest BCUT2D eigenvalue weighted by Gasteiger charge is 2.35. The summed E-state index contributed by atoms with van der Waals surface area (Å²) in [4.78, 5) is 19.6. The fourth-order valence-electron chi connectivity index (χ4n) is 7.01. The van der Waals surface area contributed by atoms with Crippen molar-refractivity contribution in [2.75, 3.05) is 97.0 Å². The molecular weight excluding hydrogens is 640 g/mol. The summed E-state index contributed by atoms with van der Waals surface area (Å²) in [7, 11) is 0. The lowest BCUT2D eigenvalue weighted by atomic mass is 9.74. The number of benzene rings is 3. The lowest BCUT2D eigenvalue weighted by Gasteiger charge is -2.39. The van der Waals surface area contributed by atoms with Crippen molar-refractivity contribution in [3.63, 3.8) is 0 Å². The van der Waals surface area contributed by atoms with E-state index in [2.05, 4.69) is 109 Å². The maximum Gasteiger partial charge on any atom is 0.232 e. The summed E-state index contributed by atoms with van der Waals surface area (Å²) < 4.78 is 5.74. The summed E-state index contributed by atoms with van der Waals surface area (Å²) >= 11 is 12.3. The quantitative estimate of drug-likeness (QED) is 0.222. The van der Waals surface area contributed by atoms with Gasteiger partial charge in [0.1, 0.15) is 11.6 Å². The van der Waals surface area contributed by atoms with Gasteiger partial charge in [-0.2, -0.15) is 9.97 Å². The molecule has 9 nitrogen and oxygen atoms in total. The number of halogens is 1. The van der Waals surface area contributed by atoms with Crippen LogP contribution in [0.15, 0.2) is 91.0 Å². The Morgan fingerprint density at radius 2 is 1.21 bits per heavy atom. The number of para-hydroxylation sites is 2. The summed E-state index contributed by atoms with van der Waals surface area (Å²) in [5.74, 6) is 2.35. The molecule has 48 heavy (non-hydrogen) atoms. The van der Waals surface area contributed by atoms with E-state index in [9.17, 15) is 0 Å². The van der Waals surface area contributed by atoms with Gasteiger partial charge >= 0.3 is 0 Å². The van der Waals surface area contributed by atoms with Crippen LogP contribution in [0.2, 0.25) is 5.02 Å². The summed E-state index contributed by atoms with van der Waals surface area (Å²) in [6.07, 6.45) is 1.78. The highest BCUT2D eigenvalue weighted by molar-refractivity contribution is 7.80. The first-order valence-corrected chi connectivity index (χ1v) is 17.7. The largest absolute Gasteiger partial charge is 0.381 e. The lowest BCUT2D eigenvalue weighted by molar-refractivity contribution is 0.0515. The van der Waals surface area contributed by atoms with Gasteiger partial charge in [0, 0.05) is 100.0 Å². The summed E-state index contributed by atoms with van der Waals surface area (Å²) in [6.45, 7) is 9.29. The standard InChI is InChI=1S/C37H43ClN8OS/c38-30-9-7-8-29(26-30)37(14-24-47-25-15-37)28-39-36(48)42-35-40-33(45-20-16-43(17-21-45)31-10-3-1-4-11-31)27-34(41-35)46-22-18-44(19-23-46)32-12-5-2-6-13-32/h1-13,26-27H,14-25,28H2,(H2,39,40,41,42,48). The second kappa shape index (κ2) is 15.0. The molecule has 0 saturated carbocycles. The van der Waals surface area contributed by atoms with Crippen molar-refractivity contribution in [2.24, 2.45) is 0 Å². The van der Waals surface area contributed by atoms with E-state index >= 15 is 0 Å². The number of thiocarbonyl (C=S) groups is 1. The van der Waals surface area contributed by atoms with Crippen molar-refractivity contribution in [1.29, 1.82) is 0 Å². The third kappa shape index (κ3) is 7.61. The number of hydrogen-bond donors (Lipinski definition) is 2. The van der Waals surface area contributed by atoms with Crippen LogP contribution in [0.4, 0.5) is 29.0 Å². The Bertz CT molecular complexity index is 1580. The summed E-state index contributed by atoms with van der Waals surface area (Å²) in [5.41, 5.74) is 3.60. The molecule has 250 valence electrons. The van der Waals surface area contributed by atoms with Gasteiger partial charge in [-0.05, 0) is 67.0 Å². The highest BCUT2D eigenvalue weighted by atomic mass is 35.5. The number of ether oxygens (including phenoxy) is 1. The molecule has 0 bridgehead atoms. The molecule has 3 aromatic carbocycles. The summed E-state index contributed by atoms with van der Waals surface area (Å²) in [5, 5.41) is 8.11. The van der Waals surface area contributed by atoms with Crippen LogP contribution < -0.4 is 30.2 Å². The van der Waals surface area contributed by atoms with E-state index in [1.807, 2.05) is 12.1 Å². The smallest absolute Gasteiger partial charge is 0.232 e. The van der Waals surface area contributed by atoms with Crippen LogP contribution in [0.1, 0.15) is 18.4 Å². The number of rotatable bonds is 8. The second-order valence-corrected chi connectivity index (χ2v) is 13.6. The Balaban J connectivity index is 1.07. The molecule has 0 atom stereocenters. The Morgan fingerprint density at radius 3 is 1.73 bits per heavy atom. The van der Waals surface area contributed by atoms with Gasteiger partial charge in [0.15, 0.2) is 5.11 Å². The molecule has 3 aliphatic heterocycles. The fourth-order valence-corrected chi connectivity index (χ4v) is 7.36. The second-order valence-electron chi connectivity index (χ2n) is 12.7. The molecule has 3 aliphatic rings. The molecule has 0 spiro atoms. The van der Waals surface area contributed by atoms with Gasteiger partial charge in [0.05, 0.1) is 0 Å². The third-order valence-electron chi connectivity index (χ3n) is 9.85. The Hall–Kier alpha value is -4.12. The third-order valence-corrected chi connectivity index (χ3v) is 10.3. The van der Waals surface area contributed by atoms with E-state index in [0.29, 0.717) is 30.8 Å². The highest BCUT2D eigenvalue weighted by Crippen LogP contribution is 2.35. The van der Waals surface area contributed by atoms with Crippen molar-refractivity contribution in [1.82, 2.24) is 15.3 Å². The van der Waals surface area contributed by atoms with Gasteiger partial charge in [-0.1, -0.05) is 60.1 Å². The average molecular weight is 683 g/mol. The van der Waals surface area contributed by atoms with Crippen LogP contribution in [0.3, 0.4) is 0 Å². The van der Waals surface area contributed by atoms with Gasteiger partial charge < -0.3 is 35.0 Å². The Morgan fingerprint density at radius 1 is 0.688 bits per heavy atom. The number of nitrogens with one attached hydrogen (secondary N) is 2. The van der Waals surface area contributed by atoms with E-state index in [1.54, 1.807) is 0 Å². The van der Waals surface area contributed by atoms with Gasteiger partial charge in [-0.3, -0.25) is 0 Å². The van der Waals surface area contributed by atoms with Crippen LogP contribution in [0.5, 0.6) is 0 Å². The van der Waals surface area contributed by atoms with Crippen LogP contribution in [-0.2, 0) is 10.2 Å². The molecule has 0 unspecified atom stereocenters. The first-order valence-electron chi connectivity index (χ1n) is 16.9. The van der Waals surface area contributed by atoms with E-state index < -0.39 is 0 Å². The first-order chi connectivity index (χ1) is 23.5. The molecule has 4 heterocycles. The van der Waals surface area contributed by atoms with Crippen LogP contribution in [-0.4, -0.2) is 87.2 Å². The first kappa shape index (κ1) is 32.4. The zero-order valence-corrected chi connectivity index (χ0v) is 28.8. The summed E-state index contributed by atoms with van der Waals surface area (Å²) in [6, 6.07) is 31.6. The minimum absolute atomic E-state index is 0.125. The maximum atomic E-state index is 6.41. The van der Waals surface area contributed by atoms with Crippen molar-refractivity contribution in [3.8, 4) is 0 Å².